The summed E-state index contributed by atoms with van der Waals surface area (Å²) >= 11 is 0.792. The summed E-state index contributed by atoms with van der Waals surface area (Å²) in [7, 11) is 0. The van der Waals surface area contributed by atoms with E-state index in [2.05, 4.69) is 0 Å². The minimum Gasteiger partial charge on any atom is -0.310 e. The maximum atomic E-state index is 9.78. The molecule has 0 saturated carbocycles. The molecule has 0 aliphatic heterocycles. The Morgan fingerprint density at radius 3 is 1.98 bits per heavy atom. The van der Waals surface area contributed by atoms with Crippen molar-refractivity contribution in [3.8, 4) is 22.3 Å². The maximum absolute atomic E-state index is 9.78. The molecule has 0 atom stereocenters. The quantitative estimate of drug-likeness (QED) is 0.164. The number of thiophene rings is 1. The largest absolute Gasteiger partial charge is 0.310 e. The molecule has 0 fully saturated rings. The van der Waals surface area contributed by atoms with Crippen LogP contribution in [-0.4, -0.2) is 0 Å². The zero-order valence-corrected chi connectivity index (χ0v) is 26.5. The van der Waals surface area contributed by atoms with Gasteiger partial charge in [-0.3, -0.25) is 0 Å². The van der Waals surface area contributed by atoms with Crippen molar-refractivity contribution in [3.63, 3.8) is 0 Å². The summed E-state index contributed by atoms with van der Waals surface area (Å²) in [5.74, 6) is 0. The van der Waals surface area contributed by atoms with Crippen molar-refractivity contribution < 1.29 is 27.4 Å². The second-order valence-electron chi connectivity index (χ2n) is 11.4. The van der Waals surface area contributed by atoms with Crippen LogP contribution in [0.1, 0.15) is 27.4 Å². The Balaban J connectivity index is 1.35. The van der Waals surface area contributed by atoms with Crippen LogP contribution in [0, 0.1) is 0 Å². The summed E-state index contributed by atoms with van der Waals surface area (Å²) in [5.41, 5.74) is -0.481. The van der Waals surface area contributed by atoms with E-state index in [0.29, 0.717) is 5.56 Å². The molecule has 0 unspecified atom stereocenters. The van der Waals surface area contributed by atoms with Gasteiger partial charge in [-0.15, -0.1) is 11.3 Å². The van der Waals surface area contributed by atoms with Crippen molar-refractivity contribution >= 4 is 80.9 Å². The molecule has 1 heterocycles. The Morgan fingerprint density at radius 2 is 1.12 bits per heavy atom. The summed E-state index contributed by atoms with van der Waals surface area (Å²) < 4.78 is 180. The van der Waals surface area contributed by atoms with Crippen LogP contribution in [0.3, 0.4) is 0 Å². The zero-order valence-electron chi connectivity index (χ0n) is 45.7. The third-order valence-corrected chi connectivity index (χ3v) is 9.61. The Morgan fingerprint density at radius 1 is 0.420 bits per heavy atom. The fourth-order valence-corrected chi connectivity index (χ4v) is 7.31. The molecule has 234 valence electrons. The van der Waals surface area contributed by atoms with E-state index in [1.807, 2.05) is 42.5 Å². The Kier molecular flexibility index (Phi) is 3.55. The van der Waals surface area contributed by atoms with Crippen LogP contribution in [0.5, 0.6) is 0 Å². The molecule has 1 nitrogen and oxygen atoms in total. The van der Waals surface area contributed by atoms with Gasteiger partial charge < -0.3 is 4.90 Å². The van der Waals surface area contributed by atoms with E-state index >= 15 is 0 Å². The number of anilines is 3. The van der Waals surface area contributed by atoms with Gasteiger partial charge >= 0.3 is 0 Å². The number of hydrogen-bond acceptors (Lipinski definition) is 2. The molecule has 10 aromatic rings. The first-order chi connectivity index (χ1) is 33.1. The minimum absolute atomic E-state index is 0.00408. The highest BCUT2D eigenvalue weighted by atomic mass is 32.1. The van der Waals surface area contributed by atoms with Crippen molar-refractivity contribution in [2.75, 3.05) is 4.90 Å². The lowest BCUT2D eigenvalue weighted by atomic mass is 9.93. The van der Waals surface area contributed by atoms with E-state index in [-0.39, 0.29) is 31.5 Å². The van der Waals surface area contributed by atoms with Crippen LogP contribution in [-0.2, 0) is 0 Å². The molecule has 0 N–H and O–H groups in total. The van der Waals surface area contributed by atoms with E-state index in [0.717, 1.165) is 32.6 Å². The number of benzene rings is 9. The Labute approximate surface area is 323 Å². The number of hydrogen-bond donors (Lipinski definition) is 0. The van der Waals surface area contributed by atoms with Crippen molar-refractivity contribution in [3.05, 3.63) is 188 Å². The molecule has 0 saturated heterocycles. The van der Waals surface area contributed by atoms with Crippen LogP contribution in [0.4, 0.5) is 17.1 Å². The molecule has 0 spiro atoms. The van der Waals surface area contributed by atoms with Crippen molar-refractivity contribution in [2.24, 2.45) is 0 Å². The molecule has 0 aliphatic carbocycles. The van der Waals surface area contributed by atoms with E-state index in [1.165, 1.54) is 0 Å². The molecule has 0 amide bonds. The van der Waals surface area contributed by atoms with Gasteiger partial charge in [-0.25, -0.2) is 0 Å². The first-order valence-electron chi connectivity index (χ1n) is 25.5. The average molecular weight is 674 g/mol. The number of fused-ring (bicyclic) bond motifs is 7. The molecular weight excluding hydrogens is 623 g/mol. The minimum atomic E-state index is -0.876. The topological polar surface area (TPSA) is 3.24 Å². The molecule has 0 radical (unpaired) electrons. The van der Waals surface area contributed by atoms with E-state index < -0.39 is 159 Å². The van der Waals surface area contributed by atoms with Crippen LogP contribution in [0.2, 0.25) is 0 Å². The van der Waals surface area contributed by atoms with E-state index in [9.17, 15) is 8.22 Å². The third kappa shape index (κ3) is 4.69. The second kappa shape index (κ2) is 11.7. The number of rotatable bonds is 5. The monoisotopic (exact) mass is 673 g/mol. The standard InChI is InChI=1S/C48H31NS/c1-3-14-38-32(11-1)13-9-19-39(38)33-23-27-36(28-24-33)49(45-20-10-22-47-48(45)43-18-7-8-21-46(43)50-47)37-29-25-34(26-30-37)44-31-35-12-2-4-15-40(35)41-16-5-6-17-42(41)44/h1-31H/i2D,4D,5D,6D,7D,8D,10D,12D,15D,16D,17D,18D,20D,21D,22D,25D,26D,29D,30D,31D. The molecule has 0 bridgehead atoms. The van der Waals surface area contributed by atoms with Gasteiger partial charge in [0.05, 0.1) is 33.1 Å². The lowest BCUT2D eigenvalue weighted by Gasteiger charge is -2.27. The van der Waals surface area contributed by atoms with Crippen molar-refractivity contribution in [2.45, 2.75) is 0 Å². The predicted molar refractivity (Wildman–Crippen MR) is 217 cm³/mol. The SMILES string of the molecule is [2H]c1c([2H])c(N(c2ccc(-c3cccc4ccccc34)cc2)c2c([2H])c([2H])c([2H])c3sc4c([2H])c([2H])c([2H])c([2H])c4c23)c([2H])c([2H])c1-c1c([2H])c2c([2H])c([2H])c([2H])c([2H])c2c2c([2H])c([2H])c([2H])c([2H])c12. The summed E-state index contributed by atoms with van der Waals surface area (Å²) in [6.07, 6.45) is 0. The summed E-state index contributed by atoms with van der Waals surface area (Å²) in [6, 6.07) is 5.78. The average Bonchev–Trinajstić information content (AvgIpc) is 3.76. The number of nitrogens with zero attached hydrogens (tertiary/aromatic N) is 1. The fourth-order valence-electron chi connectivity index (χ4n) is 6.35. The van der Waals surface area contributed by atoms with Gasteiger partial charge in [-0.1, -0.05) is 139 Å². The maximum Gasteiger partial charge on any atom is 0.0645 e. The van der Waals surface area contributed by atoms with Crippen LogP contribution >= 0.6 is 11.3 Å². The zero-order chi connectivity index (χ0) is 50.4. The normalized spacial score (nSPS) is 17.2. The predicted octanol–water partition coefficient (Wildman–Crippen LogP) is 14.3. The lowest BCUT2D eigenvalue weighted by molar-refractivity contribution is 1.30. The highest BCUT2D eigenvalue weighted by Gasteiger charge is 2.19. The van der Waals surface area contributed by atoms with Gasteiger partial charge in [0.2, 0.25) is 0 Å². The van der Waals surface area contributed by atoms with Gasteiger partial charge in [0.1, 0.15) is 0 Å². The Bertz CT molecular complexity index is 3980. The first-order valence-corrected chi connectivity index (χ1v) is 16.3. The molecular formula is C48H31NS. The molecule has 2 heteroatoms. The Hall–Kier alpha value is -6.22. The van der Waals surface area contributed by atoms with E-state index in [1.54, 1.807) is 24.3 Å². The van der Waals surface area contributed by atoms with Gasteiger partial charge in [-0.05, 0) is 103 Å². The first kappa shape index (κ1) is 15.1. The molecule has 10 rings (SSSR count). The second-order valence-corrected chi connectivity index (χ2v) is 12.4. The van der Waals surface area contributed by atoms with Crippen molar-refractivity contribution in [1.82, 2.24) is 0 Å². The van der Waals surface area contributed by atoms with E-state index in [4.69, 9.17) is 19.2 Å². The van der Waals surface area contributed by atoms with Gasteiger partial charge in [0, 0.05) is 31.5 Å². The van der Waals surface area contributed by atoms with Gasteiger partial charge in [0.25, 0.3) is 0 Å². The molecule has 1 aromatic heterocycles. The van der Waals surface area contributed by atoms with Crippen molar-refractivity contribution in [1.29, 1.82) is 0 Å². The molecule has 9 aromatic carbocycles. The highest BCUT2D eigenvalue weighted by Crippen LogP contribution is 2.46. The highest BCUT2D eigenvalue weighted by molar-refractivity contribution is 7.26. The van der Waals surface area contributed by atoms with Gasteiger partial charge in [0.15, 0.2) is 0 Å². The third-order valence-electron chi connectivity index (χ3n) is 8.59. The van der Waals surface area contributed by atoms with Crippen LogP contribution in [0.15, 0.2) is 188 Å². The molecule has 50 heavy (non-hydrogen) atoms. The lowest BCUT2D eigenvalue weighted by Crippen LogP contribution is -2.10. The van der Waals surface area contributed by atoms with Crippen LogP contribution in [0.25, 0.3) is 74.7 Å². The fraction of sp³-hybridized carbons (Fsp3) is 0. The van der Waals surface area contributed by atoms with Gasteiger partial charge in [-0.2, -0.15) is 0 Å². The summed E-state index contributed by atoms with van der Waals surface area (Å²) in [4.78, 5) is 1.16. The summed E-state index contributed by atoms with van der Waals surface area (Å²) in [5, 5.41) is -0.204. The smallest absolute Gasteiger partial charge is 0.0645 e. The van der Waals surface area contributed by atoms with Crippen LogP contribution < -0.4 is 4.90 Å². The summed E-state index contributed by atoms with van der Waals surface area (Å²) in [6.45, 7) is 0. The molecule has 0 aliphatic rings.